The van der Waals surface area contributed by atoms with E-state index >= 15 is 0 Å². The van der Waals surface area contributed by atoms with Crippen molar-refractivity contribution < 1.29 is 14.4 Å². The summed E-state index contributed by atoms with van der Waals surface area (Å²) < 4.78 is 0. The van der Waals surface area contributed by atoms with Gasteiger partial charge in [-0.2, -0.15) is 0 Å². The fraction of sp³-hybridized carbons (Fsp3) is 0.609. The van der Waals surface area contributed by atoms with Gasteiger partial charge in [-0.1, -0.05) is 24.3 Å². The highest BCUT2D eigenvalue weighted by molar-refractivity contribution is 6.44. The van der Waals surface area contributed by atoms with Crippen molar-refractivity contribution in [3.05, 3.63) is 35.4 Å². The summed E-state index contributed by atoms with van der Waals surface area (Å²) in [6.07, 6.45) is 6.34. The zero-order chi connectivity index (χ0) is 20.3. The standard InChI is InChI=1S/C23H29N3O3/c1-15-5-3-4-6-19(15)13-24(2)14-25-20(27)21(28)26(22(25)29)23-10-16-7-17(11-23)9-18(8-16)12-23/h3-6,16-18H,7-14H2,1-2H3. The number of hydrogen-bond donors (Lipinski definition) is 0. The van der Waals surface area contributed by atoms with Gasteiger partial charge in [0.1, 0.15) is 0 Å². The summed E-state index contributed by atoms with van der Waals surface area (Å²) in [5.41, 5.74) is 1.91. The van der Waals surface area contributed by atoms with E-state index in [1.165, 1.54) is 29.7 Å². The zero-order valence-corrected chi connectivity index (χ0v) is 17.3. The smallest absolute Gasteiger partial charge is 0.284 e. The number of aryl methyl sites for hydroxylation is 1. The van der Waals surface area contributed by atoms with Crippen LogP contribution in [-0.2, 0) is 16.1 Å². The van der Waals surface area contributed by atoms with Crippen LogP contribution >= 0.6 is 0 Å². The highest BCUT2D eigenvalue weighted by Gasteiger charge is 2.61. The molecule has 1 aromatic rings. The van der Waals surface area contributed by atoms with E-state index in [-0.39, 0.29) is 6.67 Å². The molecule has 6 nitrogen and oxygen atoms in total. The number of amides is 4. The summed E-state index contributed by atoms with van der Waals surface area (Å²) in [4.78, 5) is 43.4. The normalized spacial score (nSPS) is 33.5. The van der Waals surface area contributed by atoms with Crippen molar-refractivity contribution in [2.75, 3.05) is 13.7 Å². The molecule has 0 unspecified atom stereocenters. The molecule has 5 aliphatic rings. The van der Waals surface area contributed by atoms with Crippen LogP contribution in [0.5, 0.6) is 0 Å². The lowest BCUT2D eigenvalue weighted by Gasteiger charge is -2.58. The van der Waals surface area contributed by atoms with E-state index in [0.717, 1.165) is 29.7 Å². The Morgan fingerprint density at radius 2 is 1.55 bits per heavy atom. The molecule has 1 aromatic carbocycles. The van der Waals surface area contributed by atoms with E-state index in [1.807, 2.05) is 43.1 Å². The van der Waals surface area contributed by atoms with Gasteiger partial charge in [-0.25, -0.2) is 14.6 Å². The van der Waals surface area contributed by atoms with Crippen LogP contribution in [0.25, 0.3) is 0 Å². The van der Waals surface area contributed by atoms with Gasteiger partial charge < -0.3 is 0 Å². The van der Waals surface area contributed by atoms with Gasteiger partial charge >= 0.3 is 17.8 Å². The molecule has 4 amide bonds. The molecule has 5 fully saturated rings. The van der Waals surface area contributed by atoms with Crippen molar-refractivity contribution in [2.24, 2.45) is 17.8 Å². The first kappa shape index (κ1) is 18.8. The van der Waals surface area contributed by atoms with Crippen LogP contribution in [0.1, 0.15) is 49.7 Å². The number of imide groups is 2. The molecule has 4 bridgehead atoms. The van der Waals surface area contributed by atoms with Gasteiger partial charge in [0.2, 0.25) is 0 Å². The Bertz CT molecular complexity index is 845. The van der Waals surface area contributed by atoms with Crippen LogP contribution in [0, 0.1) is 24.7 Å². The van der Waals surface area contributed by atoms with E-state index in [1.54, 1.807) is 0 Å². The molecule has 0 atom stereocenters. The largest absolute Gasteiger partial charge is 0.335 e. The van der Waals surface area contributed by atoms with Crippen LogP contribution in [0.4, 0.5) is 4.79 Å². The Labute approximate surface area is 171 Å². The minimum absolute atomic E-state index is 0.139. The van der Waals surface area contributed by atoms with Gasteiger partial charge in [-0.05, 0) is 81.4 Å². The predicted octanol–water partition coefficient (Wildman–Crippen LogP) is 3.14. The second kappa shape index (κ2) is 6.66. The molecule has 154 valence electrons. The zero-order valence-electron chi connectivity index (χ0n) is 17.3. The summed E-state index contributed by atoms with van der Waals surface area (Å²) in [6.45, 7) is 2.81. The van der Waals surface area contributed by atoms with Crippen LogP contribution in [-0.4, -0.2) is 51.8 Å². The average Bonchev–Trinajstić information content (AvgIpc) is 2.86. The molecule has 1 aliphatic heterocycles. The van der Waals surface area contributed by atoms with Crippen molar-refractivity contribution in [2.45, 2.75) is 57.5 Å². The minimum Gasteiger partial charge on any atom is -0.284 e. The Morgan fingerprint density at radius 1 is 0.966 bits per heavy atom. The van der Waals surface area contributed by atoms with E-state index in [4.69, 9.17) is 0 Å². The van der Waals surface area contributed by atoms with E-state index in [9.17, 15) is 14.4 Å². The number of benzene rings is 1. The molecule has 6 rings (SSSR count). The van der Waals surface area contributed by atoms with Crippen molar-refractivity contribution in [3.8, 4) is 0 Å². The lowest BCUT2D eigenvalue weighted by Crippen LogP contribution is -2.62. The number of nitrogens with zero attached hydrogens (tertiary/aromatic N) is 3. The quantitative estimate of drug-likeness (QED) is 0.568. The van der Waals surface area contributed by atoms with Crippen molar-refractivity contribution in [1.82, 2.24) is 14.7 Å². The topological polar surface area (TPSA) is 60.9 Å². The highest BCUT2D eigenvalue weighted by Crippen LogP contribution is 2.58. The Balaban J connectivity index is 1.34. The fourth-order valence-corrected chi connectivity index (χ4v) is 6.76. The molecular formula is C23H29N3O3. The molecule has 29 heavy (non-hydrogen) atoms. The number of hydrogen-bond acceptors (Lipinski definition) is 4. The maximum atomic E-state index is 13.3. The van der Waals surface area contributed by atoms with Gasteiger partial charge in [0.15, 0.2) is 0 Å². The Hall–Kier alpha value is -2.21. The maximum Gasteiger partial charge on any atom is 0.335 e. The number of carbonyl (C=O) groups is 3. The van der Waals surface area contributed by atoms with Crippen LogP contribution in [0.3, 0.4) is 0 Å². The maximum absolute atomic E-state index is 13.3. The summed E-state index contributed by atoms with van der Waals surface area (Å²) >= 11 is 0. The average molecular weight is 396 g/mol. The Kier molecular flexibility index (Phi) is 4.32. The first-order valence-corrected chi connectivity index (χ1v) is 10.8. The number of urea groups is 1. The van der Waals surface area contributed by atoms with E-state index < -0.39 is 23.4 Å². The molecule has 4 aliphatic carbocycles. The van der Waals surface area contributed by atoms with Gasteiger partial charge in [0.05, 0.1) is 12.2 Å². The third kappa shape index (κ3) is 3.00. The summed E-state index contributed by atoms with van der Waals surface area (Å²) in [5, 5.41) is 0. The minimum atomic E-state index is -0.664. The molecular weight excluding hydrogens is 366 g/mol. The third-order valence-electron chi connectivity index (χ3n) is 7.62. The first-order valence-electron chi connectivity index (χ1n) is 10.8. The van der Waals surface area contributed by atoms with Gasteiger partial charge in [-0.15, -0.1) is 0 Å². The van der Waals surface area contributed by atoms with E-state index in [0.29, 0.717) is 24.3 Å². The van der Waals surface area contributed by atoms with Gasteiger partial charge in [0, 0.05) is 6.54 Å². The van der Waals surface area contributed by atoms with Crippen molar-refractivity contribution >= 4 is 17.8 Å². The molecule has 0 radical (unpaired) electrons. The summed E-state index contributed by atoms with van der Waals surface area (Å²) in [5.74, 6) is 0.544. The lowest BCUT2D eigenvalue weighted by molar-refractivity contribution is -0.150. The van der Waals surface area contributed by atoms with Crippen LogP contribution in [0.2, 0.25) is 0 Å². The molecule has 0 N–H and O–H groups in total. The molecule has 6 heteroatoms. The predicted molar refractivity (Wildman–Crippen MR) is 108 cm³/mol. The number of carbonyl (C=O) groups excluding carboxylic acids is 3. The van der Waals surface area contributed by atoms with Crippen molar-refractivity contribution in [1.29, 1.82) is 0 Å². The molecule has 1 saturated heterocycles. The lowest BCUT2D eigenvalue weighted by atomic mass is 9.52. The van der Waals surface area contributed by atoms with Crippen LogP contribution in [0.15, 0.2) is 24.3 Å². The Morgan fingerprint density at radius 3 is 2.14 bits per heavy atom. The molecule has 1 heterocycles. The highest BCUT2D eigenvalue weighted by atomic mass is 16.2. The first-order chi connectivity index (χ1) is 13.9. The van der Waals surface area contributed by atoms with Gasteiger partial charge in [0.25, 0.3) is 0 Å². The van der Waals surface area contributed by atoms with E-state index in [2.05, 4.69) is 0 Å². The molecule has 0 spiro atoms. The van der Waals surface area contributed by atoms with Crippen LogP contribution < -0.4 is 0 Å². The second-order valence-corrected chi connectivity index (χ2v) is 9.88. The number of rotatable bonds is 5. The molecule has 0 aromatic heterocycles. The molecule has 4 saturated carbocycles. The van der Waals surface area contributed by atoms with Gasteiger partial charge in [-0.3, -0.25) is 14.5 Å². The summed E-state index contributed by atoms with van der Waals surface area (Å²) in [7, 11) is 1.88. The monoisotopic (exact) mass is 395 g/mol. The fourth-order valence-electron chi connectivity index (χ4n) is 6.76. The third-order valence-corrected chi connectivity index (χ3v) is 7.62. The summed E-state index contributed by atoms with van der Waals surface area (Å²) in [6, 6.07) is 7.67. The second-order valence-electron chi connectivity index (χ2n) is 9.88. The van der Waals surface area contributed by atoms with Crippen molar-refractivity contribution in [3.63, 3.8) is 0 Å². The SMILES string of the molecule is Cc1ccccc1CN(C)CN1C(=O)C(=O)N(C23CC4CC(CC(C4)C2)C3)C1=O.